The normalized spacial score (nSPS) is 10.8. The first kappa shape index (κ1) is 20.0. The predicted molar refractivity (Wildman–Crippen MR) is 110 cm³/mol. The summed E-state index contributed by atoms with van der Waals surface area (Å²) < 4.78 is 6.53. The summed E-state index contributed by atoms with van der Waals surface area (Å²) in [5.74, 6) is -0.257. The van der Waals surface area contributed by atoms with Crippen LogP contribution in [0.2, 0.25) is 5.02 Å². The van der Waals surface area contributed by atoms with Crippen molar-refractivity contribution in [1.82, 2.24) is 19.7 Å². The number of carbonyl (C=O) groups excluding carboxylic acids is 1. The second-order valence-corrected chi connectivity index (χ2v) is 6.82. The Bertz CT molecular complexity index is 1360. The van der Waals surface area contributed by atoms with Gasteiger partial charge < -0.3 is 9.73 Å². The average molecular weight is 441 g/mol. The Morgan fingerprint density at radius 2 is 2.10 bits per heavy atom. The molecule has 0 radical (unpaired) electrons. The van der Waals surface area contributed by atoms with Gasteiger partial charge >= 0.3 is 0 Å². The number of nitrogens with one attached hydrogen (secondary N) is 2. The van der Waals surface area contributed by atoms with Gasteiger partial charge in [0.25, 0.3) is 17.2 Å². The number of amides is 1. The van der Waals surface area contributed by atoms with E-state index in [1.165, 1.54) is 35.2 Å². The number of anilines is 1. The van der Waals surface area contributed by atoms with Crippen molar-refractivity contribution in [2.24, 2.45) is 0 Å². The lowest BCUT2D eigenvalue weighted by Crippen LogP contribution is -2.19. The van der Waals surface area contributed by atoms with Crippen molar-refractivity contribution in [3.8, 4) is 17.4 Å². The lowest BCUT2D eigenvalue weighted by Gasteiger charge is -2.09. The Hall–Kier alpha value is -4.25. The number of nitro benzene ring substituents is 1. The van der Waals surface area contributed by atoms with Gasteiger partial charge in [0.1, 0.15) is 17.1 Å². The molecule has 11 nitrogen and oxygen atoms in total. The number of aromatic amines is 1. The van der Waals surface area contributed by atoms with Crippen LogP contribution in [-0.2, 0) is 0 Å². The molecular weight excluding hydrogens is 428 g/mol. The zero-order chi connectivity index (χ0) is 22.1. The Labute approximate surface area is 178 Å². The minimum Gasteiger partial charge on any atom is -0.463 e. The number of rotatable bonds is 5. The first-order valence-corrected chi connectivity index (χ1v) is 9.17. The maximum Gasteiger partial charge on any atom is 0.282 e. The molecule has 3 aromatic heterocycles. The Balaban J connectivity index is 1.81. The molecule has 0 spiro atoms. The largest absolute Gasteiger partial charge is 0.463 e. The number of aryl methyl sites for hydroxylation is 1. The van der Waals surface area contributed by atoms with Crippen LogP contribution in [0.4, 0.5) is 11.5 Å². The van der Waals surface area contributed by atoms with Gasteiger partial charge in [-0.15, -0.1) is 0 Å². The van der Waals surface area contributed by atoms with Crippen molar-refractivity contribution in [1.29, 1.82) is 0 Å². The predicted octanol–water partition coefficient (Wildman–Crippen LogP) is 3.34. The van der Waals surface area contributed by atoms with Gasteiger partial charge in [0.15, 0.2) is 5.76 Å². The summed E-state index contributed by atoms with van der Waals surface area (Å²) in [7, 11) is 0. The van der Waals surface area contributed by atoms with E-state index >= 15 is 0 Å². The summed E-state index contributed by atoms with van der Waals surface area (Å²) in [6, 6.07) is 9.75. The number of benzene rings is 1. The molecule has 12 heteroatoms. The molecule has 0 aliphatic rings. The van der Waals surface area contributed by atoms with Crippen LogP contribution < -0.4 is 10.9 Å². The fourth-order valence-corrected chi connectivity index (χ4v) is 3.04. The molecule has 156 valence electrons. The van der Waals surface area contributed by atoms with E-state index in [-0.39, 0.29) is 22.4 Å². The number of nitrogens with zero attached hydrogens (tertiary/aromatic N) is 4. The molecule has 0 aliphatic heterocycles. The zero-order valence-electron chi connectivity index (χ0n) is 15.8. The van der Waals surface area contributed by atoms with Gasteiger partial charge in [0.05, 0.1) is 11.2 Å². The highest BCUT2D eigenvalue weighted by Crippen LogP contribution is 2.27. The summed E-state index contributed by atoms with van der Waals surface area (Å²) in [6.45, 7) is 1.63. The molecule has 0 unspecified atom stereocenters. The average Bonchev–Trinajstić information content (AvgIpc) is 3.36. The molecule has 0 fully saturated rings. The van der Waals surface area contributed by atoms with Gasteiger partial charge in [-0.05, 0) is 31.2 Å². The quantitative estimate of drug-likeness (QED) is 0.357. The summed E-state index contributed by atoms with van der Waals surface area (Å²) in [5, 5.41) is 18.4. The van der Waals surface area contributed by atoms with Crippen molar-refractivity contribution in [2.75, 3.05) is 5.32 Å². The minimum absolute atomic E-state index is 0.0405. The molecule has 0 bridgehead atoms. The van der Waals surface area contributed by atoms with Gasteiger partial charge in [0, 0.05) is 28.9 Å². The second kappa shape index (κ2) is 7.88. The molecule has 0 atom stereocenters. The highest BCUT2D eigenvalue weighted by atomic mass is 35.5. The lowest BCUT2D eigenvalue weighted by molar-refractivity contribution is -0.385. The van der Waals surface area contributed by atoms with Crippen LogP contribution in [-0.4, -0.2) is 30.6 Å². The van der Waals surface area contributed by atoms with E-state index in [0.717, 1.165) is 6.07 Å². The molecule has 4 rings (SSSR count). The minimum atomic E-state index is -0.795. The summed E-state index contributed by atoms with van der Waals surface area (Å²) in [6.07, 6.45) is 1.45. The second-order valence-electron chi connectivity index (χ2n) is 6.39. The Kier molecular flexibility index (Phi) is 5.09. The number of carbonyl (C=O) groups is 1. The SMILES string of the molecule is Cc1cc(=O)[nH]c(-n2nc(-c3ccco3)cc2NC(=O)c2cc(Cl)ccc2[N+](=O)[O-])n1. The van der Waals surface area contributed by atoms with E-state index in [0.29, 0.717) is 17.1 Å². The Morgan fingerprint density at radius 3 is 2.77 bits per heavy atom. The first-order chi connectivity index (χ1) is 14.8. The third-order valence-corrected chi connectivity index (χ3v) is 4.42. The summed E-state index contributed by atoms with van der Waals surface area (Å²) in [5.41, 5.74) is -0.307. The highest BCUT2D eigenvalue weighted by Gasteiger charge is 2.23. The van der Waals surface area contributed by atoms with Crippen molar-refractivity contribution < 1.29 is 14.1 Å². The summed E-state index contributed by atoms with van der Waals surface area (Å²) in [4.78, 5) is 42.2. The van der Waals surface area contributed by atoms with Crippen LogP contribution in [0, 0.1) is 17.0 Å². The number of H-pyrrole nitrogens is 1. The topological polar surface area (TPSA) is 149 Å². The molecule has 2 N–H and O–H groups in total. The van der Waals surface area contributed by atoms with Crippen LogP contribution >= 0.6 is 11.6 Å². The van der Waals surface area contributed by atoms with Crippen LogP contribution in [0.1, 0.15) is 16.1 Å². The van der Waals surface area contributed by atoms with Crippen molar-refractivity contribution in [3.63, 3.8) is 0 Å². The fraction of sp³-hybridized carbons (Fsp3) is 0.0526. The van der Waals surface area contributed by atoms with E-state index in [4.69, 9.17) is 16.0 Å². The third kappa shape index (κ3) is 4.07. The molecular formula is C19H13ClN6O5. The molecule has 0 saturated carbocycles. The van der Waals surface area contributed by atoms with E-state index in [2.05, 4.69) is 20.4 Å². The van der Waals surface area contributed by atoms with Gasteiger partial charge in [0.2, 0.25) is 5.95 Å². The third-order valence-electron chi connectivity index (χ3n) is 4.18. The molecule has 1 aromatic carbocycles. The number of furan rings is 1. The van der Waals surface area contributed by atoms with E-state index < -0.39 is 22.1 Å². The smallest absolute Gasteiger partial charge is 0.282 e. The van der Waals surface area contributed by atoms with Crippen molar-refractivity contribution in [3.05, 3.63) is 85.5 Å². The zero-order valence-corrected chi connectivity index (χ0v) is 16.6. The van der Waals surface area contributed by atoms with Crippen LogP contribution in [0.5, 0.6) is 0 Å². The number of nitro groups is 1. The maximum atomic E-state index is 12.9. The first-order valence-electron chi connectivity index (χ1n) is 8.79. The van der Waals surface area contributed by atoms with E-state index in [1.807, 2.05) is 0 Å². The molecule has 1 amide bonds. The number of hydrogen-bond donors (Lipinski definition) is 2. The molecule has 4 aromatic rings. The van der Waals surface area contributed by atoms with E-state index in [9.17, 15) is 19.7 Å². The molecule has 0 saturated heterocycles. The molecule has 31 heavy (non-hydrogen) atoms. The Morgan fingerprint density at radius 1 is 1.29 bits per heavy atom. The van der Waals surface area contributed by atoms with Crippen LogP contribution in [0.25, 0.3) is 17.4 Å². The van der Waals surface area contributed by atoms with Crippen LogP contribution in [0.15, 0.2) is 57.9 Å². The van der Waals surface area contributed by atoms with Gasteiger partial charge in [-0.3, -0.25) is 24.7 Å². The monoisotopic (exact) mass is 440 g/mol. The van der Waals surface area contributed by atoms with Crippen LogP contribution in [0.3, 0.4) is 0 Å². The van der Waals surface area contributed by atoms with Crippen molar-refractivity contribution >= 4 is 29.0 Å². The number of hydrogen-bond acceptors (Lipinski definition) is 7. The fourth-order valence-electron chi connectivity index (χ4n) is 2.87. The lowest BCUT2D eigenvalue weighted by atomic mass is 10.1. The molecule has 3 heterocycles. The van der Waals surface area contributed by atoms with E-state index in [1.54, 1.807) is 19.1 Å². The highest BCUT2D eigenvalue weighted by molar-refractivity contribution is 6.31. The number of halogens is 1. The van der Waals surface area contributed by atoms with Gasteiger partial charge in [-0.2, -0.15) is 9.78 Å². The van der Waals surface area contributed by atoms with Crippen molar-refractivity contribution in [2.45, 2.75) is 6.92 Å². The standard InChI is InChI=1S/C19H13ClN6O5/c1-10-7-17(27)23-19(21-10)25-16(9-13(24-25)15-3-2-6-31-15)22-18(28)12-8-11(20)4-5-14(12)26(29)30/h2-9H,1H3,(H,22,28)(H,21,23,27). The summed E-state index contributed by atoms with van der Waals surface area (Å²) >= 11 is 5.92. The number of aromatic nitrogens is 4. The van der Waals surface area contributed by atoms with Gasteiger partial charge in [-0.1, -0.05) is 11.6 Å². The maximum absolute atomic E-state index is 12.9. The van der Waals surface area contributed by atoms with Gasteiger partial charge in [-0.25, -0.2) is 4.98 Å². The molecule has 0 aliphatic carbocycles.